The number of rotatable bonds is 3. The molecule has 4 heteroatoms. The number of hydrogen-bond donors (Lipinski definition) is 0. The summed E-state index contributed by atoms with van der Waals surface area (Å²) in [5.74, 6) is 0. The molecule has 0 spiro atoms. The number of nitrogens with zero attached hydrogens (tertiary/aromatic N) is 4. The highest BCUT2D eigenvalue weighted by Gasteiger charge is 2.16. The van der Waals surface area contributed by atoms with Crippen LogP contribution in [0.3, 0.4) is 0 Å². The van der Waals surface area contributed by atoms with Crippen LogP contribution in [-0.2, 0) is 0 Å². The van der Waals surface area contributed by atoms with Crippen molar-refractivity contribution in [2.45, 2.75) is 32.2 Å². The lowest BCUT2D eigenvalue weighted by atomic mass is 10.0. The summed E-state index contributed by atoms with van der Waals surface area (Å²) < 4.78 is 0. The minimum absolute atomic E-state index is 0.612. The molecule has 1 fully saturated rings. The van der Waals surface area contributed by atoms with Crippen molar-refractivity contribution in [1.29, 1.82) is 0 Å². The van der Waals surface area contributed by atoms with E-state index in [4.69, 9.17) is 5.53 Å². The lowest BCUT2D eigenvalue weighted by molar-refractivity contribution is 0.165. The van der Waals surface area contributed by atoms with Crippen LogP contribution in [0.25, 0.3) is 10.4 Å². The van der Waals surface area contributed by atoms with Crippen LogP contribution >= 0.6 is 0 Å². The van der Waals surface area contributed by atoms with E-state index in [1.807, 2.05) is 0 Å². The Morgan fingerprint density at radius 3 is 3.08 bits per heavy atom. The van der Waals surface area contributed by atoms with Crippen molar-refractivity contribution < 1.29 is 0 Å². The molecule has 12 heavy (non-hydrogen) atoms. The van der Waals surface area contributed by atoms with Gasteiger partial charge in [-0.2, -0.15) is 0 Å². The zero-order chi connectivity index (χ0) is 8.81. The largest absolute Gasteiger partial charge is 0.301 e. The van der Waals surface area contributed by atoms with Crippen molar-refractivity contribution >= 4 is 0 Å². The molecule has 0 aromatic carbocycles. The second-order valence-electron chi connectivity index (χ2n) is 3.34. The van der Waals surface area contributed by atoms with Gasteiger partial charge in [-0.05, 0) is 31.8 Å². The van der Waals surface area contributed by atoms with E-state index in [9.17, 15) is 0 Å². The van der Waals surface area contributed by atoms with Gasteiger partial charge in [0.1, 0.15) is 0 Å². The molecular weight excluding hydrogens is 152 g/mol. The Morgan fingerprint density at radius 2 is 2.42 bits per heavy atom. The summed E-state index contributed by atoms with van der Waals surface area (Å²) in [6.07, 6.45) is 3.93. The van der Waals surface area contributed by atoms with E-state index in [0.29, 0.717) is 12.6 Å². The average Bonchev–Trinajstić information content (AvgIpc) is 2.09. The van der Waals surface area contributed by atoms with Gasteiger partial charge in [0.15, 0.2) is 0 Å². The van der Waals surface area contributed by atoms with Crippen LogP contribution in [0.2, 0.25) is 0 Å². The molecule has 0 bridgehead atoms. The maximum Gasteiger partial charge on any atom is 0.0385 e. The van der Waals surface area contributed by atoms with Crippen LogP contribution in [0.15, 0.2) is 5.11 Å². The molecule has 0 amide bonds. The van der Waals surface area contributed by atoms with Gasteiger partial charge in [-0.15, -0.1) is 0 Å². The molecule has 1 heterocycles. The predicted octanol–water partition coefficient (Wildman–Crippen LogP) is 2.17. The molecule has 1 atom stereocenters. The highest BCUT2D eigenvalue weighted by molar-refractivity contribution is 4.73. The van der Waals surface area contributed by atoms with Gasteiger partial charge in [0, 0.05) is 24.0 Å². The summed E-state index contributed by atoms with van der Waals surface area (Å²) in [7, 11) is 0. The average molecular weight is 168 g/mol. The minimum atomic E-state index is 0.612. The van der Waals surface area contributed by atoms with Gasteiger partial charge < -0.3 is 4.90 Å². The minimum Gasteiger partial charge on any atom is -0.301 e. The molecule has 1 aliphatic rings. The van der Waals surface area contributed by atoms with Crippen molar-refractivity contribution in [3.8, 4) is 0 Å². The monoisotopic (exact) mass is 168 g/mol. The second-order valence-corrected chi connectivity index (χ2v) is 3.34. The van der Waals surface area contributed by atoms with Crippen molar-refractivity contribution in [2.75, 3.05) is 19.6 Å². The van der Waals surface area contributed by atoms with Gasteiger partial charge in [-0.3, -0.25) is 0 Å². The van der Waals surface area contributed by atoms with E-state index in [1.165, 1.54) is 25.8 Å². The summed E-state index contributed by atoms with van der Waals surface area (Å²) in [5.41, 5.74) is 8.10. The third-order valence-electron chi connectivity index (χ3n) is 2.49. The maximum atomic E-state index is 8.10. The van der Waals surface area contributed by atoms with E-state index in [2.05, 4.69) is 21.8 Å². The number of piperidine rings is 1. The van der Waals surface area contributed by atoms with E-state index in [1.54, 1.807) is 0 Å². The predicted molar refractivity (Wildman–Crippen MR) is 48.9 cm³/mol. The van der Waals surface area contributed by atoms with Gasteiger partial charge >= 0.3 is 0 Å². The Morgan fingerprint density at radius 1 is 1.58 bits per heavy atom. The molecule has 0 radical (unpaired) electrons. The Bertz CT molecular complexity index is 174. The fourth-order valence-corrected chi connectivity index (χ4v) is 1.71. The first kappa shape index (κ1) is 9.36. The summed E-state index contributed by atoms with van der Waals surface area (Å²) in [5, 5.41) is 3.54. The number of azide groups is 1. The molecule has 1 unspecified atom stereocenters. The normalized spacial score (nSPS) is 24.9. The molecule has 0 saturated carbocycles. The smallest absolute Gasteiger partial charge is 0.0385 e. The quantitative estimate of drug-likeness (QED) is 0.362. The van der Waals surface area contributed by atoms with Gasteiger partial charge in [-0.25, -0.2) is 0 Å². The first-order valence-electron chi connectivity index (χ1n) is 4.59. The van der Waals surface area contributed by atoms with Gasteiger partial charge in [0.2, 0.25) is 0 Å². The molecule has 1 aliphatic heterocycles. The van der Waals surface area contributed by atoms with Crippen molar-refractivity contribution in [1.82, 2.24) is 4.90 Å². The van der Waals surface area contributed by atoms with Gasteiger partial charge in [-0.1, -0.05) is 11.5 Å². The standard InChI is InChI=1S/C8H16N4/c1-8-4-2-3-6-12(8)7-5-10-11-9/h8H,2-7H2,1H3. The Labute approximate surface area is 73.2 Å². The highest BCUT2D eigenvalue weighted by Crippen LogP contribution is 2.15. The van der Waals surface area contributed by atoms with Crippen LogP contribution < -0.4 is 0 Å². The maximum absolute atomic E-state index is 8.10. The molecule has 68 valence electrons. The molecule has 1 saturated heterocycles. The first-order chi connectivity index (χ1) is 5.84. The van der Waals surface area contributed by atoms with Gasteiger partial charge in [0.25, 0.3) is 0 Å². The Hall–Kier alpha value is -0.730. The molecule has 1 rings (SSSR count). The topological polar surface area (TPSA) is 52.0 Å². The summed E-state index contributed by atoms with van der Waals surface area (Å²) in [6, 6.07) is 0.674. The zero-order valence-corrected chi connectivity index (χ0v) is 7.61. The Balaban J connectivity index is 2.24. The SMILES string of the molecule is CC1CCCCN1CCN=[N+]=[N-]. The summed E-state index contributed by atoms with van der Waals surface area (Å²) in [4.78, 5) is 5.14. The molecule has 4 nitrogen and oxygen atoms in total. The fraction of sp³-hybridized carbons (Fsp3) is 1.00. The van der Waals surface area contributed by atoms with E-state index in [-0.39, 0.29) is 0 Å². The van der Waals surface area contributed by atoms with E-state index in [0.717, 1.165) is 6.54 Å². The molecule has 0 aliphatic carbocycles. The number of likely N-dealkylation sites (tertiary alicyclic amines) is 1. The zero-order valence-electron chi connectivity index (χ0n) is 7.61. The highest BCUT2D eigenvalue weighted by atomic mass is 15.2. The summed E-state index contributed by atoms with van der Waals surface area (Å²) >= 11 is 0. The summed E-state index contributed by atoms with van der Waals surface area (Å²) in [6.45, 7) is 4.95. The third-order valence-corrected chi connectivity index (χ3v) is 2.49. The number of hydrogen-bond acceptors (Lipinski definition) is 2. The van der Waals surface area contributed by atoms with E-state index < -0.39 is 0 Å². The van der Waals surface area contributed by atoms with Crippen molar-refractivity contribution in [3.63, 3.8) is 0 Å². The van der Waals surface area contributed by atoms with Crippen molar-refractivity contribution in [2.24, 2.45) is 5.11 Å². The lowest BCUT2D eigenvalue weighted by Crippen LogP contribution is -2.38. The van der Waals surface area contributed by atoms with Crippen LogP contribution in [0, 0.1) is 0 Å². The second kappa shape index (κ2) is 5.01. The lowest BCUT2D eigenvalue weighted by Gasteiger charge is -2.32. The van der Waals surface area contributed by atoms with Crippen LogP contribution in [0.4, 0.5) is 0 Å². The third kappa shape index (κ3) is 2.72. The molecule has 0 aromatic heterocycles. The van der Waals surface area contributed by atoms with E-state index >= 15 is 0 Å². The van der Waals surface area contributed by atoms with Crippen LogP contribution in [-0.4, -0.2) is 30.6 Å². The first-order valence-corrected chi connectivity index (χ1v) is 4.59. The van der Waals surface area contributed by atoms with Crippen LogP contribution in [0.1, 0.15) is 26.2 Å². The van der Waals surface area contributed by atoms with Crippen LogP contribution in [0.5, 0.6) is 0 Å². The molecule has 0 N–H and O–H groups in total. The van der Waals surface area contributed by atoms with Crippen molar-refractivity contribution in [3.05, 3.63) is 10.4 Å². The molecule has 0 aromatic rings. The fourth-order valence-electron chi connectivity index (χ4n) is 1.71. The Kier molecular flexibility index (Phi) is 3.91. The van der Waals surface area contributed by atoms with Gasteiger partial charge in [0.05, 0.1) is 0 Å². The molecular formula is C8H16N4.